The standard InChI is InChI=1S/C14H18FNO5S/c1-9-5-6-10(15)8-12(9)22(19,20)16-7-3-4-11(14(17)18)13(16)21-2/h5-6,8,11,13H,3-4,7H2,1-2H3,(H,17,18). The normalized spacial score (nSPS) is 23.4. The van der Waals surface area contributed by atoms with Crippen LogP contribution in [0.3, 0.4) is 0 Å². The second-order valence-electron chi connectivity index (χ2n) is 5.24. The molecule has 0 aliphatic carbocycles. The highest BCUT2D eigenvalue weighted by Gasteiger charge is 2.43. The minimum atomic E-state index is -4.04. The van der Waals surface area contributed by atoms with Gasteiger partial charge in [0.2, 0.25) is 10.0 Å². The van der Waals surface area contributed by atoms with Crippen molar-refractivity contribution < 1.29 is 27.4 Å². The van der Waals surface area contributed by atoms with Crippen molar-refractivity contribution in [2.45, 2.75) is 30.9 Å². The van der Waals surface area contributed by atoms with Crippen LogP contribution in [0.5, 0.6) is 0 Å². The molecule has 122 valence electrons. The van der Waals surface area contributed by atoms with Gasteiger partial charge in [-0.3, -0.25) is 4.79 Å². The summed E-state index contributed by atoms with van der Waals surface area (Å²) in [6, 6.07) is 3.50. The molecule has 2 unspecified atom stereocenters. The van der Waals surface area contributed by atoms with E-state index in [1.165, 1.54) is 19.2 Å². The molecule has 2 atom stereocenters. The van der Waals surface area contributed by atoms with E-state index in [4.69, 9.17) is 4.74 Å². The first-order valence-corrected chi connectivity index (χ1v) is 8.26. The Labute approximate surface area is 128 Å². The number of rotatable bonds is 4. The minimum absolute atomic E-state index is 0.139. The fourth-order valence-corrected chi connectivity index (χ4v) is 4.57. The van der Waals surface area contributed by atoms with Crippen molar-refractivity contribution >= 4 is 16.0 Å². The fourth-order valence-electron chi connectivity index (χ4n) is 2.70. The largest absolute Gasteiger partial charge is 0.481 e. The maximum Gasteiger partial charge on any atom is 0.310 e. The Morgan fingerprint density at radius 1 is 1.45 bits per heavy atom. The van der Waals surface area contributed by atoms with Gasteiger partial charge in [-0.15, -0.1) is 0 Å². The van der Waals surface area contributed by atoms with Crippen LogP contribution in [0.25, 0.3) is 0 Å². The molecule has 1 aromatic rings. The Balaban J connectivity index is 2.47. The number of methoxy groups -OCH3 is 1. The predicted molar refractivity (Wildman–Crippen MR) is 76.2 cm³/mol. The van der Waals surface area contributed by atoms with E-state index < -0.39 is 34.0 Å². The van der Waals surface area contributed by atoms with Crippen LogP contribution in [0, 0.1) is 18.7 Å². The van der Waals surface area contributed by atoms with Crippen molar-refractivity contribution in [2.24, 2.45) is 5.92 Å². The van der Waals surface area contributed by atoms with Crippen LogP contribution in [0.15, 0.2) is 23.1 Å². The molecular weight excluding hydrogens is 313 g/mol. The van der Waals surface area contributed by atoms with E-state index >= 15 is 0 Å². The Morgan fingerprint density at radius 2 is 2.14 bits per heavy atom. The van der Waals surface area contributed by atoms with Gasteiger partial charge in [-0.2, -0.15) is 4.31 Å². The highest BCUT2D eigenvalue weighted by Crippen LogP contribution is 2.31. The highest BCUT2D eigenvalue weighted by atomic mass is 32.2. The summed E-state index contributed by atoms with van der Waals surface area (Å²) in [6.45, 7) is 1.70. The van der Waals surface area contributed by atoms with Gasteiger partial charge in [0.1, 0.15) is 12.0 Å². The van der Waals surface area contributed by atoms with E-state index in [0.717, 1.165) is 10.4 Å². The number of aryl methyl sites for hydroxylation is 1. The lowest BCUT2D eigenvalue weighted by atomic mass is 9.98. The van der Waals surface area contributed by atoms with Gasteiger partial charge in [0, 0.05) is 13.7 Å². The first-order valence-electron chi connectivity index (χ1n) is 6.82. The number of ether oxygens (including phenoxy) is 1. The maximum atomic E-state index is 13.4. The molecule has 0 radical (unpaired) electrons. The van der Waals surface area contributed by atoms with Gasteiger partial charge in [0.25, 0.3) is 0 Å². The molecule has 1 aromatic carbocycles. The third-order valence-corrected chi connectivity index (χ3v) is 5.82. The fraction of sp³-hybridized carbons (Fsp3) is 0.500. The summed E-state index contributed by atoms with van der Waals surface area (Å²) in [5, 5.41) is 9.23. The van der Waals surface area contributed by atoms with Gasteiger partial charge in [-0.1, -0.05) is 6.07 Å². The first kappa shape index (κ1) is 16.9. The summed E-state index contributed by atoms with van der Waals surface area (Å²) >= 11 is 0. The second kappa shape index (κ2) is 6.31. The van der Waals surface area contributed by atoms with Crippen LogP contribution in [-0.4, -0.2) is 43.7 Å². The molecule has 1 saturated heterocycles. The molecular formula is C14H18FNO5S. The first-order chi connectivity index (χ1) is 10.3. The minimum Gasteiger partial charge on any atom is -0.481 e. The molecule has 1 aliphatic rings. The summed E-state index contributed by atoms with van der Waals surface area (Å²) in [7, 11) is -2.77. The molecule has 0 spiro atoms. The molecule has 0 bridgehead atoms. The van der Waals surface area contributed by atoms with E-state index in [1.54, 1.807) is 6.92 Å². The Hall–Kier alpha value is -1.51. The van der Waals surface area contributed by atoms with Gasteiger partial charge >= 0.3 is 5.97 Å². The third kappa shape index (κ3) is 2.99. The zero-order valence-electron chi connectivity index (χ0n) is 12.3. The van der Waals surface area contributed by atoms with Crippen LogP contribution in [0.4, 0.5) is 4.39 Å². The van der Waals surface area contributed by atoms with E-state index in [2.05, 4.69) is 0 Å². The van der Waals surface area contributed by atoms with Crippen molar-refractivity contribution in [3.63, 3.8) is 0 Å². The lowest BCUT2D eigenvalue weighted by molar-refractivity contribution is -0.154. The van der Waals surface area contributed by atoms with E-state index in [9.17, 15) is 22.7 Å². The SMILES string of the molecule is COC1C(C(=O)O)CCCN1S(=O)(=O)c1cc(F)ccc1C. The second-order valence-corrected chi connectivity index (χ2v) is 7.10. The topological polar surface area (TPSA) is 83.9 Å². The molecule has 1 heterocycles. The van der Waals surface area contributed by atoms with E-state index in [-0.39, 0.29) is 11.4 Å². The number of carboxylic acids is 1. The van der Waals surface area contributed by atoms with Gasteiger partial charge < -0.3 is 9.84 Å². The Kier molecular flexibility index (Phi) is 4.84. The number of piperidine rings is 1. The summed E-state index contributed by atoms with van der Waals surface area (Å²) < 4.78 is 45.1. The number of benzene rings is 1. The van der Waals surface area contributed by atoms with Crippen LogP contribution in [0.2, 0.25) is 0 Å². The third-order valence-electron chi connectivity index (χ3n) is 3.82. The number of hydrogen-bond donors (Lipinski definition) is 1. The summed E-state index contributed by atoms with van der Waals surface area (Å²) in [4.78, 5) is 11.1. The van der Waals surface area contributed by atoms with Gasteiger partial charge in [-0.05, 0) is 37.5 Å². The van der Waals surface area contributed by atoms with Crippen molar-refractivity contribution in [2.75, 3.05) is 13.7 Å². The molecule has 2 rings (SSSR count). The predicted octanol–water partition coefficient (Wildman–Crippen LogP) is 1.59. The van der Waals surface area contributed by atoms with Crippen LogP contribution < -0.4 is 0 Å². The number of carbonyl (C=O) groups is 1. The molecule has 0 aromatic heterocycles. The highest BCUT2D eigenvalue weighted by molar-refractivity contribution is 7.89. The van der Waals surface area contributed by atoms with Crippen molar-refractivity contribution in [3.8, 4) is 0 Å². The molecule has 1 aliphatic heterocycles. The van der Waals surface area contributed by atoms with Crippen LogP contribution in [0.1, 0.15) is 18.4 Å². The van der Waals surface area contributed by atoms with Crippen molar-refractivity contribution in [1.29, 1.82) is 0 Å². The summed E-state index contributed by atoms with van der Waals surface area (Å²) in [5.41, 5.74) is 0.397. The van der Waals surface area contributed by atoms with Crippen molar-refractivity contribution in [1.82, 2.24) is 4.31 Å². The molecule has 1 N–H and O–H groups in total. The molecule has 0 saturated carbocycles. The van der Waals surface area contributed by atoms with E-state index in [1.807, 2.05) is 0 Å². The van der Waals surface area contributed by atoms with E-state index in [0.29, 0.717) is 18.4 Å². The monoisotopic (exact) mass is 331 g/mol. The number of halogens is 1. The van der Waals surface area contributed by atoms with Crippen molar-refractivity contribution in [3.05, 3.63) is 29.6 Å². The number of hydrogen-bond acceptors (Lipinski definition) is 4. The summed E-state index contributed by atoms with van der Waals surface area (Å²) in [6.07, 6.45) is -0.356. The molecule has 22 heavy (non-hydrogen) atoms. The molecule has 0 amide bonds. The van der Waals surface area contributed by atoms with Crippen LogP contribution in [-0.2, 0) is 19.6 Å². The zero-order valence-corrected chi connectivity index (χ0v) is 13.1. The Morgan fingerprint density at radius 3 is 2.73 bits per heavy atom. The van der Waals surface area contributed by atoms with Gasteiger partial charge in [0.05, 0.1) is 10.8 Å². The molecule has 6 nitrogen and oxygen atoms in total. The zero-order chi connectivity index (χ0) is 16.5. The smallest absolute Gasteiger partial charge is 0.310 e. The van der Waals surface area contributed by atoms with Crippen LogP contribution >= 0.6 is 0 Å². The van der Waals surface area contributed by atoms with Gasteiger partial charge in [-0.25, -0.2) is 12.8 Å². The Bertz CT molecular complexity index is 676. The molecule has 1 fully saturated rings. The maximum absolute atomic E-state index is 13.4. The number of carboxylic acid groups (broad SMARTS) is 1. The molecule has 8 heteroatoms. The number of nitrogens with zero attached hydrogens (tertiary/aromatic N) is 1. The van der Waals surface area contributed by atoms with Gasteiger partial charge in [0.15, 0.2) is 0 Å². The average molecular weight is 331 g/mol. The quantitative estimate of drug-likeness (QED) is 0.906. The average Bonchev–Trinajstić information content (AvgIpc) is 2.48. The lowest BCUT2D eigenvalue weighted by Crippen LogP contribution is -2.51. The summed E-state index contributed by atoms with van der Waals surface area (Å²) in [5.74, 6) is -2.71. The number of aliphatic carboxylic acids is 1. The number of sulfonamides is 1. The lowest BCUT2D eigenvalue weighted by Gasteiger charge is -2.37.